The van der Waals surface area contributed by atoms with E-state index in [0.29, 0.717) is 11.1 Å². The summed E-state index contributed by atoms with van der Waals surface area (Å²) in [6.07, 6.45) is 0.977. The van der Waals surface area contributed by atoms with Crippen molar-refractivity contribution in [2.24, 2.45) is 0 Å². The average molecular weight is 382 g/mol. The molecule has 1 N–H and O–H groups in total. The number of anilines is 1. The number of rotatable bonds is 7. The molecule has 0 unspecified atom stereocenters. The molecule has 7 heteroatoms. The molecular formula is C20H23N5OS. The van der Waals surface area contributed by atoms with E-state index >= 15 is 0 Å². The van der Waals surface area contributed by atoms with E-state index in [1.807, 2.05) is 36.4 Å². The summed E-state index contributed by atoms with van der Waals surface area (Å²) in [5.41, 5.74) is 4.17. The Balaban J connectivity index is 1.61. The topological polar surface area (TPSA) is 72.7 Å². The smallest absolute Gasteiger partial charge is 0.234 e. The van der Waals surface area contributed by atoms with Crippen LogP contribution in [0.3, 0.4) is 0 Å². The van der Waals surface area contributed by atoms with Crippen LogP contribution in [0.4, 0.5) is 5.69 Å². The number of aromatic nitrogens is 4. The van der Waals surface area contributed by atoms with Crippen molar-refractivity contribution in [3.63, 3.8) is 0 Å². The number of benzene rings is 2. The molecule has 0 radical (unpaired) electrons. The summed E-state index contributed by atoms with van der Waals surface area (Å²) in [4.78, 5) is 12.2. The second-order valence-corrected chi connectivity index (χ2v) is 7.45. The Labute approximate surface area is 163 Å². The quantitative estimate of drug-likeness (QED) is 0.624. The maximum absolute atomic E-state index is 12.2. The van der Waals surface area contributed by atoms with Gasteiger partial charge < -0.3 is 5.32 Å². The van der Waals surface area contributed by atoms with Crippen molar-refractivity contribution in [1.82, 2.24) is 20.2 Å². The van der Waals surface area contributed by atoms with Gasteiger partial charge in [0.15, 0.2) is 0 Å². The van der Waals surface area contributed by atoms with Crippen molar-refractivity contribution >= 4 is 23.4 Å². The van der Waals surface area contributed by atoms with Crippen LogP contribution in [0.25, 0.3) is 5.69 Å². The van der Waals surface area contributed by atoms with Gasteiger partial charge in [0.2, 0.25) is 11.1 Å². The number of carbonyl (C=O) groups excluding carboxylic acids is 1. The summed E-state index contributed by atoms with van der Waals surface area (Å²) < 4.78 is 1.65. The van der Waals surface area contributed by atoms with Gasteiger partial charge in [-0.05, 0) is 58.2 Å². The molecule has 3 aromatic rings. The molecule has 1 amide bonds. The van der Waals surface area contributed by atoms with Crippen LogP contribution >= 0.6 is 11.8 Å². The van der Waals surface area contributed by atoms with Crippen molar-refractivity contribution in [1.29, 1.82) is 0 Å². The molecule has 140 valence electrons. The first-order valence-corrected chi connectivity index (χ1v) is 9.95. The van der Waals surface area contributed by atoms with E-state index in [1.54, 1.807) is 4.68 Å². The minimum atomic E-state index is -0.0889. The van der Waals surface area contributed by atoms with Crippen molar-refractivity contribution in [3.8, 4) is 5.69 Å². The Bertz CT molecular complexity index is 887. The normalized spacial score (nSPS) is 11.0. The number of carbonyl (C=O) groups is 1. The molecule has 0 aliphatic rings. The Morgan fingerprint density at radius 3 is 2.44 bits per heavy atom. The highest BCUT2D eigenvalue weighted by Gasteiger charge is 2.12. The average Bonchev–Trinajstić information content (AvgIpc) is 3.15. The molecule has 2 aromatic carbocycles. The molecule has 6 nitrogen and oxygen atoms in total. The summed E-state index contributed by atoms with van der Waals surface area (Å²) in [6.45, 7) is 6.41. The third-order valence-electron chi connectivity index (χ3n) is 4.22. The van der Waals surface area contributed by atoms with Crippen LogP contribution in [0.15, 0.2) is 53.7 Å². The van der Waals surface area contributed by atoms with Crippen molar-refractivity contribution < 1.29 is 4.79 Å². The number of tetrazole rings is 1. The summed E-state index contributed by atoms with van der Waals surface area (Å²) in [6, 6.07) is 16.0. The number of hydrogen-bond donors (Lipinski definition) is 1. The van der Waals surface area contributed by atoms with Gasteiger partial charge in [0.05, 0.1) is 11.4 Å². The molecule has 0 aliphatic heterocycles. The van der Waals surface area contributed by atoms with Crippen LogP contribution in [0.5, 0.6) is 0 Å². The zero-order valence-electron chi connectivity index (χ0n) is 15.7. The van der Waals surface area contributed by atoms with Crippen molar-refractivity contribution in [2.45, 2.75) is 38.3 Å². The minimum Gasteiger partial charge on any atom is -0.325 e. The van der Waals surface area contributed by atoms with E-state index in [-0.39, 0.29) is 11.7 Å². The summed E-state index contributed by atoms with van der Waals surface area (Å²) in [7, 11) is 0. The van der Waals surface area contributed by atoms with Crippen molar-refractivity contribution in [3.05, 3.63) is 59.7 Å². The first-order valence-electron chi connectivity index (χ1n) is 8.97. The number of aryl methyl sites for hydroxylation is 1. The van der Waals surface area contributed by atoms with Gasteiger partial charge in [-0.15, -0.1) is 5.10 Å². The Kier molecular flexibility index (Phi) is 6.24. The molecular weight excluding hydrogens is 358 g/mol. The van der Waals surface area contributed by atoms with Gasteiger partial charge in [-0.25, -0.2) is 0 Å². The van der Waals surface area contributed by atoms with Gasteiger partial charge in [0, 0.05) is 5.69 Å². The van der Waals surface area contributed by atoms with E-state index in [2.05, 4.69) is 53.7 Å². The summed E-state index contributed by atoms with van der Waals surface area (Å²) >= 11 is 1.31. The fraction of sp³-hybridized carbons (Fsp3) is 0.300. The molecule has 0 fully saturated rings. The van der Waals surface area contributed by atoms with Crippen molar-refractivity contribution in [2.75, 3.05) is 11.1 Å². The van der Waals surface area contributed by atoms with E-state index in [9.17, 15) is 4.79 Å². The lowest BCUT2D eigenvalue weighted by atomic mass is 10.0. The molecule has 27 heavy (non-hydrogen) atoms. The Morgan fingerprint density at radius 1 is 1.11 bits per heavy atom. The monoisotopic (exact) mass is 381 g/mol. The van der Waals surface area contributed by atoms with Gasteiger partial charge in [-0.2, -0.15) is 4.68 Å². The lowest BCUT2D eigenvalue weighted by Crippen LogP contribution is -2.14. The van der Waals surface area contributed by atoms with E-state index in [1.165, 1.54) is 22.9 Å². The Hall–Kier alpha value is -2.67. The first kappa shape index (κ1) is 19.1. The molecule has 0 aliphatic carbocycles. The predicted molar refractivity (Wildman–Crippen MR) is 108 cm³/mol. The van der Waals surface area contributed by atoms with Gasteiger partial charge in [-0.3, -0.25) is 4.79 Å². The number of nitrogens with zero attached hydrogens (tertiary/aromatic N) is 4. The highest BCUT2D eigenvalue weighted by Crippen LogP contribution is 2.21. The second-order valence-electron chi connectivity index (χ2n) is 6.51. The third kappa shape index (κ3) is 4.95. The zero-order valence-corrected chi connectivity index (χ0v) is 16.5. The molecule has 3 rings (SSSR count). The van der Waals surface area contributed by atoms with E-state index in [0.717, 1.165) is 17.8 Å². The van der Waals surface area contributed by atoms with Gasteiger partial charge >= 0.3 is 0 Å². The standard InChI is InChI=1S/C20H23N5OS/c1-4-15-5-9-17(10-6-15)21-19(26)13-27-20-22-23-24-25(20)18-11-7-16(8-12-18)14(2)3/h5-12,14H,4,13H2,1-3H3,(H,21,26). The maximum atomic E-state index is 12.2. The highest BCUT2D eigenvalue weighted by molar-refractivity contribution is 7.99. The molecule has 1 aromatic heterocycles. The second kappa shape index (κ2) is 8.81. The van der Waals surface area contributed by atoms with Crippen LogP contribution in [0.1, 0.15) is 37.8 Å². The van der Waals surface area contributed by atoms with Crippen LogP contribution in [-0.4, -0.2) is 31.9 Å². The van der Waals surface area contributed by atoms with Gasteiger partial charge in [0.25, 0.3) is 0 Å². The van der Waals surface area contributed by atoms with Crippen LogP contribution < -0.4 is 5.32 Å². The molecule has 0 bridgehead atoms. The number of amides is 1. The summed E-state index contributed by atoms with van der Waals surface area (Å²) in [5, 5.41) is 15.3. The van der Waals surface area contributed by atoms with Crippen LogP contribution in [0, 0.1) is 0 Å². The predicted octanol–water partition coefficient (Wildman–Crippen LogP) is 4.08. The fourth-order valence-corrected chi connectivity index (χ4v) is 3.27. The van der Waals surface area contributed by atoms with Crippen LogP contribution in [-0.2, 0) is 11.2 Å². The highest BCUT2D eigenvalue weighted by atomic mass is 32.2. The molecule has 0 saturated carbocycles. The lowest BCUT2D eigenvalue weighted by Gasteiger charge is -2.08. The largest absolute Gasteiger partial charge is 0.325 e. The fourth-order valence-electron chi connectivity index (χ4n) is 2.58. The van der Waals surface area contributed by atoms with E-state index in [4.69, 9.17) is 0 Å². The Morgan fingerprint density at radius 2 is 1.81 bits per heavy atom. The maximum Gasteiger partial charge on any atom is 0.234 e. The number of hydrogen-bond acceptors (Lipinski definition) is 5. The lowest BCUT2D eigenvalue weighted by molar-refractivity contribution is -0.113. The molecule has 0 spiro atoms. The SMILES string of the molecule is CCc1ccc(NC(=O)CSc2nnnn2-c2ccc(C(C)C)cc2)cc1. The van der Waals surface area contributed by atoms with Gasteiger partial charge in [0.1, 0.15) is 0 Å². The first-order chi connectivity index (χ1) is 13.1. The summed E-state index contributed by atoms with van der Waals surface area (Å²) in [5.74, 6) is 0.616. The minimum absolute atomic E-state index is 0.0889. The molecule has 1 heterocycles. The number of nitrogens with one attached hydrogen (secondary N) is 1. The number of thioether (sulfide) groups is 1. The molecule has 0 atom stereocenters. The molecule has 0 saturated heterocycles. The van der Waals surface area contributed by atoms with Gasteiger partial charge in [-0.1, -0.05) is 56.8 Å². The zero-order chi connectivity index (χ0) is 19.2. The third-order valence-corrected chi connectivity index (χ3v) is 5.14. The van der Waals surface area contributed by atoms with Crippen LogP contribution in [0.2, 0.25) is 0 Å². The van der Waals surface area contributed by atoms with E-state index < -0.39 is 0 Å².